The fourth-order valence-corrected chi connectivity index (χ4v) is 2.30. The van der Waals surface area contributed by atoms with Gasteiger partial charge in [-0.25, -0.2) is 0 Å². The van der Waals surface area contributed by atoms with Gasteiger partial charge in [0, 0.05) is 17.5 Å². The van der Waals surface area contributed by atoms with E-state index >= 15 is 0 Å². The van der Waals surface area contributed by atoms with E-state index in [-0.39, 0.29) is 0 Å². The van der Waals surface area contributed by atoms with Crippen molar-refractivity contribution in [1.82, 2.24) is 4.90 Å². The minimum absolute atomic E-state index is 0.532. The Hall–Kier alpha value is -1.32. The van der Waals surface area contributed by atoms with E-state index in [1.54, 1.807) is 0 Å². The van der Waals surface area contributed by atoms with Gasteiger partial charge >= 0.3 is 0 Å². The Morgan fingerprint density at radius 1 is 1.26 bits per heavy atom. The molecule has 2 aromatic rings. The normalized spacial score (nSPS) is 11.9. The molecule has 0 fully saturated rings. The average molecular weight is 260 g/mol. The summed E-state index contributed by atoms with van der Waals surface area (Å²) in [5.41, 5.74) is 7.97. The second-order valence-electron chi connectivity index (χ2n) is 5.62. The molecular formula is C16H24N2O. The maximum Gasteiger partial charge on any atom is 0.134 e. The molecule has 0 bridgehead atoms. The minimum atomic E-state index is 0.532. The molecule has 3 heteroatoms. The molecule has 0 amide bonds. The van der Waals surface area contributed by atoms with Crippen molar-refractivity contribution in [3.8, 4) is 0 Å². The number of hydrogen-bond donors (Lipinski definition) is 1. The summed E-state index contributed by atoms with van der Waals surface area (Å²) in [5, 5.41) is 1.15. The Morgan fingerprint density at radius 3 is 2.68 bits per heavy atom. The van der Waals surface area contributed by atoms with Crippen LogP contribution in [0.5, 0.6) is 0 Å². The molecule has 0 saturated heterocycles. The van der Waals surface area contributed by atoms with Gasteiger partial charge < -0.3 is 10.2 Å². The van der Waals surface area contributed by atoms with Crippen LogP contribution in [0.25, 0.3) is 11.0 Å². The van der Waals surface area contributed by atoms with Gasteiger partial charge in [-0.1, -0.05) is 32.0 Å². The minimum Gasteiger partial charge on any atom is -0.459 e. The lowest BCUT2D eigenvalue weighted by Crippen LogP contribution is -2.21. The topological polar surface area (TPSA) is 42.4 Å². The number of fused-ring (bicyclic) bond motifs is 1. The van der Waals surface area contributed by atoms with Crippen LogP contribution in [0, 0.1) is 5.92 Å². The van der Waals surface area contributed by atoms with E-state index in [0.29, 0.717) is 6.54 Å². The molecule has 0 aliphatic rings. The summed E-state index contributed by atoms with van der Waals surface area (Å²) in [5.74, 6) is 1.74. The summed E-state index contributed by atoms with van der Waals surface area (Å²) < 4.78 is 5.95. The van der Waals surface area contributed by atoms with E-state index in [2.05, 4.69) is 31.9 Å². The van der Waals surface area contributed by atoms with Crippen molar-refractivity contribution in [2.75, 3.05) is 13.6 Å². The Morgan fingerprint density at radius 2 is 2.00 bits per heavy atom. The number of nitrogens with two attached hydrogens (primary N) is 1. The van der Waals surface area contributed by atoms with E-state index in [1.165, 1.54) is 6.42 Å². The molecule has 1 aromatic carbocycles. The maximum atomic E-state index is 5.95. The number of hydrogen-bond acceptors (Lipinski definition) is 3. The molecule has 0 unspecified atom stereocenters. The summed E-state index contributed by atoms with van der Waals surface area (Å²) in [4.78, 5) is 2.30. The first kappa shape index (κ1) is 14.1. The summed E-state index contributed by atoms with van der Waals surface area (Å²) in [6.07, 6.45) is 1.20. The van der Waals surface area contributed by atoms with Gasteiger partial charge in [-0.15, -0.1) is 0 Å². The van der Waals surface area contributed by atoms with Crippen LogP contribution in [0.2, 0.25) is 0 Å². The van der Waals surface area contributed by atoms with E-state index in [9.17, 15) is 0 Å². The summed E-state index contributed by atoms with van der Waals surface area (Å²) in [7, 11) is 2.13. The third-order valence-electron chi connectivity index (χ3n) is 3.49. The molecule has 2 rings (SSSR count). The van der Waals surface area contributed by atoms with Crippen LogP contribution in [-0.2, 0) is 13.1 Å². The van der Waals surface area contributed by atoms with Gasteiger partial charge in [-0.2, -0.15) is 0 Å². The predicted molar refractivity (Wildman–Crippen MR) is 79.9 cm³/mol. The zero-order chi connectivity index (χ0) is 13.8. The van der Waals surface area contributed by atoms with Gasteiger partial charge in [0.25, 0.3) is 0 Å². The highest BCUT2D eigenvalue weighted by Gasteiger charge is 2.14. The predicted octanol–water partition coefficient (Wildman–Crippen LogP) is 3.37. The number of para-hydroxylation sites is 1. The zero-order valence-electron chi connectivity index (χ0n) is 12.1. The number of benzene rings is 1. The molecule has 0 atom stereocenters. The van der Waals surface area contributed by atoms with E-state index in [1.807, 2.05) is 18.2 Å². The van der Waals surface area contributed by atoms with E-state index in [0.717, 1.165) is 41.3 Å². The smallest absolute Gasteiger partial charge is 0.134 e. The van der Waals surface area contributed by atoms with Gasteiger partial charge in [0.05, 0.1) is 6.54 Å². The lowest BCUT2D eigenvalue weighted by molar-refractivity contribution is 0.280. The van der Waals surface area contributed by atoms with Crippen molar-refractivity contribution in [3.63, 3.8) is 0 Å². The summed E-state index contributed by atoms with van der Waals surface area (Å²) in [6, 6.07) is 8.12. The van der Waals surface area contributed by atoms with E-state index < -0.39 is 0 Å². The Kier molecular flexibility index (Phi) is 4.61. The van der Waals surface area contributed by atoms with Crippen LogP contribution >= 0.6 is 0 Å². The molecule has 0 aliphatic carbocycles. The number of rotatable bonds is 6. The molecular weight excluding hydrogens is 236 g/mol. The molecule has 19 heavy (non-hydrogen) atoms. The van der Waals surface area contributed by atoms with Crippen molar-refractivity contribution in [3.05, 3.63) is 35.6 Å². The lowest BCUT2D eigenvalue weighted by atomic mass is 10.1. The van der Waals surface area contributed by atoms with Gasteiger partial charge in [-0.3, -0.25) is 4.90 Å². The van der Waals surface area contributed by atoms with E-state index in [4.69, 9.17) is 10.2 Å². The first-order valence-corrected chi connectivity index (χ1v) is 6.99. The highest BCUT2D eigenvalue weighted by molar-refractivity contribution is 5.82. The molecule has 1 aromatic heterocycles. The molecule has 0 aliphatic heterocycles. The fraction of sp³-hybridized carbons (Fsp3) is 0.500. The highest BCUT2D eigenvalue weighted by atomic mass is 16.3. The van der Waals surface area contributed by atoms with Crippen molar-refractivity contribution < 1.29 is 4.42 Å². The van der Waals surface area contributed by atoms with Crippen LogP contribution in [0.4, 0.5) is 0 Å². The van der Waals surface area contributed by atoms with Gasteiger partial charge in [0.1, 0.15) is 11.3 Å². The van der Waals surface area contributed by atoms with Gasteiger partial charge in [0.2, 0.25) is 0 Å². The van der Waals surface area contributed by atoms with Crippen LogP contribution in [0.15, 0.2) is 28.7 Å². The lowest BCUT2D eigenvalue weighted by Gasteiger charge is -2.17. The summed E-state index contributed by atoms with van der Waals surface area (Å²) >= 11 is 0. The monoisotopic (exact) mass is 260 g/mol. The van der Waals surface area contributed by atoms with Gasteiger partial charge in [-0.05, 0) is 32.0 Å². The largest absolute Gasteiger partial charge is 0.459 e. The van der Waals surface area contributed by atoms with Crippen molar-refractivity contribution in [2.24, 2.45) is 11.7 Å². The van der Waals surface area contributed by atoms with Crippen LogP contribution in [0.1, 0.15) is 31.6 Å². The molecule has 2 N–H and O–H groups in total. The first-order valence-electron chi connectivity index (χ1n) is 6.99. The molecule has 0 saturated carbocycles. The molecule has 0 radical (unpaired) electrons. The Balaban J connectivity index is 2.15. The quantitative estimate of drug-likeness (QED) is 0.866. The SMILES string of the molecule is CC(C)CCN(C)Cc1oc2ccccc2c1CN. The standard InChI is InChI=1S/C16H24N2O/c1-12(2)8-9-18(3)11-16-14(10-17)13-6-4-5-7-15(13)19-16/h4-7,12H,8-11,17H2,1-3H3. The third-order valence-corrected chi connectivity index (χ3v) is 3.49. The van der Waals surface area contributed by atoms with Crippen molar-refractivity contribution in [1.29, 1.82) is 0 Å². The Bertz CT molecular complexity index is 531. The second kappa shape index (κ2) is 6.22. The number of furan rings is 1. The molecule has 104 valence electrons. The third kappa shape index (κ3) is 3.37. The second-order valence-corrected chi connectivity index (χ2v) is 5.62. The molecule has 3 nitrogen and oxygen atoms in total. The fourth-order valence-electron chi connectivity index (χ4n) is 2.30. The van der Waals surface area contributed by atoms with Crippen LogP contribution in [-0.4, -0.2) is 18.5 Å². The Labute approximate surface area is 115 Å². The first-order chi connectivity index (χ1) is 9.11. The van der Waals surface area contributed by atoms with Crippen LogP contribution in [0.3, 0.4) is 0 Å². The van der Waals surface area contributed by atoms with Crippen LogP contribution < -0.4 is 5.73 Å². The molecule has 1 heterocycles. The van der Waals surface area contributed by atoms with Crippen molar-refractivity contribution in [2.45, 2.75) is 33.4 Å². The highest BCUT2D eigenvalue weighted by Crippen LogP contribution is 2.26. The summed E-state index contributed by atoms with van der Waals surface area (Å²) in [6.45, 7) is 6.94. The molecule has 0 spiro atoms. The van der Waals surface area contributed by atoms with Gasteiger partial charge in [0.15, 0.2) is 0 Å². The average Bonchev–Trinajstić information content (AvgIpc) is 2.73. The maximum absolute atomic E-state index is 5.95. The number of nitrogens with zero attached hydrogens (tertiary/aromatic N) is 1. The van der Waals surface area contributed by atoms with Crippen molar-refractivity contribution >= 4 is 11.0 Å². The zero-order valence-corrected chi connectivity index (χ0v) is 12.1.